The van der Waals surface area contributed by atoms with Crippen LogP contribution in [0.2, 0.25) is 0 Å². The summed E-state index contributed by atoms with van der Waals surface area (Å²) in [6, 6.07) is 3.73. The summed E-state index contributed by atoms with van der Waals surface area (Å²) in [5.41, 5.74) is 0.894. The van der Waals surface area contributed by atoms with Crippen molar-refractivity contribution in [2.24, 2.45) is 0 Å². The maximum Gasteiger partial charge on any atom is 0.136 e. The van der Waals surface area contributed by atoms with Crippen LogP contribution in [0.5, 0.6) is 0 Å². The van der Waals surface area contributed by atoms with Crippen LogP contribution < -0.4 is 0 Å². The Balaban J connectivity index is 0.000000500. The van der Waals surface area contributed by atoms with E-state index in [1.165, 1.54) is 0 Å². The van der Waals surface area contributed by atoms with Gasteiger partial charge in [0.2, 0.25) is 0 Å². The zero-order valence-electron chi connectivity index (χ0n) is 5.24. The van der Waals surface area contributed by atoms with Crippen LogP contribution in [0.3, 0.4) is 0 Å². The summed E-state index contributed by atoms with van der Waals surface area (Å²) in [5, 5.41) is 1.05. The number of fused-ring (bicyclic) bond motifs is 1. The van der Waals surface area contributed by atoms with Gasteiger partial charge in [-0.25, -0.2) is 0 Å². The second kappa shape index (κ2) is 3.05. The number of hydrogen-bond donors (Lipinski definition) is 0. The molecule has 0 spiro atoms. The first-order valence-corrected chi connectivity index (χ1v) is 2.74. The van der Waals surface area contributed by atoms with Crippen molar-refractivity contribution in [2.45, 2.75) is 0 Å². The van der Waals surface area contributed by atoms with Gasteiger partial charge in [-0.3, -0.25) is 4.98 Å². The largest absolute Gasteiger partial charge is 0.464 e. The number of nitrogens with zero attached hydrogens (tertiary/aromatic N) is 1. The fraction of sp³-hybridized carbons (Fsp3) is 0. The molecular weight excluding hydrogens is 233 g/mol. The van der Waals surface area contributed by atoms with E-state index >= 15 is 0 Å². The monoisotopic (exact) mass is 239 g/mol. The Morgan fingerprint density at radius 1 is 1.30 bits per heavy atom. The first-order valence-electron chi connectivity index (χ1n) is 2.74. The molecule has 0 saturated heterocycles. The zero-order valence-corrected chi connectivity index (χ0v) is 8.10. The number of aromatic nitrogens is 1. The Labute approximate surface area is 75.2 Å². The normalized spacial score (nSPS) is 9.20. The third kappa shape index (κ3) is 1.16. The van der Waals surface area contributed by atoms with Crippen LogP contribution in [0, 0.1) is 0 Å². The Morgan fingerprint density at radius 2 is 2.20 bits per heavy atom. The van der Waals surface area contributed by atoms with Crippen LogP contribution in [0.1, 0.15) is 0 Å². The summed E-state index contributed by atoms with van der Waals surface area (Å²) in [5.74, 6) is 0. The molecule has 2 aromatic rings. The van der Waals surface area contributed by atoms with Gasteiger partial charge in [0.15, 0.2) is 0 Å². The zero-order chi connectivity index (χ0) is 6.10. The SMILES string of the molecule is [Sn].c1cc2occc2cn1. The van der Waals surface area contributed by atoms with Crippen molar-refractivity contribution in [3.63, 3.8) is 0 Å². The Kier molecular flexibility index (Phi) is 2.32. The van der Waals surface area contributed by atoms with Gasteiger partial charge in [-0.1, -0.05) is 0 Å². The molecule has 10 heavy (non-hydrogen) atoms. The second-order valence-corrected chi connectivity index (χ2v) is 1.83. The van der Waals surface area contributed by atoms with Gasteiger partial charge >= 0.3 is 0 Å². The molecule has 0 saturated carbocycles. The summed E-state index contributed by atoms with van der Waals surface area (Å²) in [6.07, 6.45) is 5.15. The van der Waals surface area contributed by atoms with Crippen LogP contribution in [-0.2, 0) is 0 Å². The molecule has 0 aliphatic rings. The summed E-state index contributed by atoms with van der Waals surface area (Å²) >= 11 is 0. The van der Waals surface area contributed by atoms with E-state index in [0.29, 0.717) is 0 Å². The fourth-order valence-electron chi connectivity index (χ4n) is 0.807. The van der Waals surface area contributed by atoms with Crippen LogP contribution in [0.4, 0.5) is 0 Å². The van der Waals surface area contributed by atoms with Crippen molar-refractivity contribution in [1.29, 1.82) is 0 Å². The van der Waals surface area contributed by atoms with Crippen molar-refractivity contribution >= 4 is 34.9 Å². The average Bonchev–Trinajstić information content (AvgIpc) is 2.33. The first kappa shape index (κ1) is 7.59. The molecule has 0 amide bonds. The third-order valence-electron chi connectivity index (χ3n) is 1.25. The number of hydrogen-bond acceptors (Lipinski definition) is 2. The van der Waals surface area contributed by atoms with Crippen LogP contribution >= 0.6 is 0 Å². The Hall–Kier alpha value is -0.511. The second-order valence-electron chi connectivity index (χ2n) is 1.83. The molecule has 0 aromatic carbocycles. The summed E-state index contributed by atoms with van der Waals surface area (Å²) < 4.78 is 5.08. The van der Waals surface area contributed by atoms with Gasteiger partial charge < -0.3 is 4.42 Å². The summed E-state index contributed by atoms with van der Waals surface area (Å²) in [4.78, 5) is 3.93. The maximum absolute atomic E-state index is 5.08. The van der Waals surface area contributed by atoms with Gasteiger partial charge in [0, 0.05) is 41.7 Å². The van der Waals surface area contributed by atoms with Crippen molar-refractivity contribution < 1.29 is 4.42 Å². The molecule has 2 rings (SSSR count). The van der Waals surface area contributed by atoms with Gasteiger partial charge in [0.05, 0.1) is 6.26 Å². The van der Waals surface area contributed by atoms with Crippen LogP contribution in [0.25, 0.3) is 11.0 Å². The fourth-order valence-corrected chi connectivity index (χ4v) is 0.807. The summed E-state index contributed by atoms with van der Waals surface area (Å²) in [6.45, 7) is 0. The average molecular weight is 238 g/mol. The van der Waals surface area contributed by atoms with E-state index in [2.05, 4.69) is 4.98 Å². The molecule has 0 N–H and O–H groups in total. The van der Waals surface area contributed by atoms with Crippen LogP contribution in [-0.4, -0.2) is 28.9 Å². The third-order valence-corrected chi connectivity index (χ3v) is 1.25. The van der Waals surface area contributed by atoms with Crippen molar-refractivity contribution in [2.75, 3.05) is 0 Å². The smallest absolute Gasteiger partial charge is 0.136 e. The van der Waals surface area contributed by atoms with Gasteiger partial charge in [-0.05, 0) is 12.1 Å². The van der Waals surface area contributed by atoms with E-state index in [4.69, 9.17) is 4.42 Å². The molecule has 0 aliphatic carbocycles. The Bertz CT molecular complexity index is 288. The number of rotatable bonds is 0. The van der Waals surface area contributed by atoms with Gasteiger partial charge in [-0.15, -0.1) is 0 Å². The van der Waals surface area contributed by atoms with Crippen molar-refractivity contribution in [3.05, 3.63) is 30.8 Å². The molecule has 3 heteroatoms. The Morgan fingerprint density at radius 3 is 3.00 bits per heavy atom. The van der Waals surface area contributed by atoms with Crippen molar-refractivity contribution in [3.8, 4) is 0 Å². The van der Waals surface area contributed by atoms with Gasteiger partial charge in [0.1, 0.15) is 5.58 Å². The minimum atomic E-state index is 0. The molecular formula is C7H5NOSn. The molecule has 2 aromatic heterocycles. The van der Waals surface area contributed by atoms with Gasteiger partial charge in [0.25, 0.3) is 0 Å². The molecule has 0 fully saturated rings. The molecule has 48 valence electrons. The van der Waals surface area contributed by atoms with Gasteiger partial charge in [-0.2, -0.15) is 0 Å². The molecule has 0 bridgehead atoms. The van der Waals surface area contributed by atoms with E-state index in [1.807, 2.05) is 12.1 Å². The topological polar surface area (TPSA) is 26.0 Å². The maximum atomic E-state index is 5.08. The standard InChI is InChI=1S/C7H5NO.Sn/c1-3-8-5-6-2-4-9-7(1)6;/h1-5H;. The number of pyridine rings is 1. The van der Waals surface area contributed by atoms with Crippen LogP contribution in [0.15, 0.2) is 35.2 Å². The molecule has 2 heterocycles. The minimum Gasteiger partial charge on any atom is -0.464 e. The molecule has 2 nitrogen and oxygen atoms in total. The molecule has 0 aliphatic heterocycles. The number of furan rings is 1. The predicted molar refractivity (Wildman–Crippen MR) is 39.8 cm³/mol. The molecule has 4 radical (unpaired) electrons. The predicted octanol–water partition coefficient (Wildman–Crippen LogP) is 1.45. The van der Waals surface area contributed by atoms with E-state index in [-0.39, 0.29) is 23.9 Å². The summed E-state index contributed by atoms with van der Waals surface area (Å²) in [7, 11) is 0. The first-order chi connectivity index (χ1) is 4.47. The minimum absolute atomic E-state index is 0. The molecule has 0 unspecified atom stereocenters. The van der Waals surface area contributed by atoms with E-state index in [0.717, 1.165) is 11.0 Å². The van der Waals surface area contributed by atoms with E-state index < -0.39 is 0 Å². The quantitative estimate of drug-likeness (QED) is 0.649. The molecule has 0 atom stereocenters. The van der Waals surface area contributed by atoms with E-state index in [9.17, 15) is 0 Å². The van der Waals surface area contributed by atoms with Crippen molar-refractivity contribution in [1.82, 2.24) is 4.98 Å². The van der Waals surface area contributed by atoms with E-state index in [1.54, 1.807) is 18.7 Å².